The molecule has 1 aromatic carbocycles. The summed E-state index contributed by atoms with van der Waals surface area (Å²) >= 11 is 0. The molecule has 0 radical (unpaired) electrons. The summed E-state index contributed by atoms with van der Waals surface area (Å²) in [5, 5.41) is 3.57. The minimum Gasteiger partial charge on any atom is -0.315 e. The Morgan fingerprint density at radius 3 is 2.24 bits per heavy atom. The van der Waals surface area contributed by atoms with Gasteiger partial charge in [-0.25, -0.2) is 0 Å². The number of hydrogen-bond acceptors (Lipinski definition) is 3. The van der Waals surface area contributed by atoms with Gasteiger partial charge in [0, 0.05) is 44.8 Å². The van der Waals surface area contributed by atoms with E-state index in [0.29, 0.717) is 18.0 Å². The third kappa shape index (κ3) is 3.31. The van der Waals surface area contributed by atoms with E-state index >= 15 is 0 Å². The minimum atomic E-state index is 0.554. The Balaban J connectivity index is 1.66. The monoisotopic (exact) mass is 287 g/mol. The highest BCUT2D eigenvalue weighted by molar-refractivity contribution is 5.25. The zero-order chi connectivity index (χ0) is 14.8. The molecule has 0 amide bonds. The van der Waals surface area contributed by atoms with Crippen LogP contribution in [0.4, 0.5) is 0 Å². The van der Waals surface area contributed by atoms with Gasteiger partial charge >= 0.3 is 0 Å². The standard InChI is InChI=1S/C18H29N3/c1-14(2)16-6-4-15(5-7-16)12-17(19-3)18-13-20-8-10-21(18)11-9-20/h4-7,14,17-19H,8-13H2,1-3H3. The molecule has 3 heteroatoms. The predicted octanol–water partition coefficient (Wildman–Crippen LogP) is 1.94. The van der Waals surface area contributed by atoms with Crippen molar-refractivity contribution in [2.24, 2.45) is 0 Å². The SMILES string of the molecule is CNC(Cc1ccc(C(C)C)cc1)C1CN2CCN1CC2. The van der Waals surface area contributed by atoms with Crippen molar-refractivity contribution >= 4 is 0 Å². The van der Waals surface area contributed by atoms with Gasteiger partial charge in [-0.05, 0) is 30.5 Å². The van der Waals surface area contributed by atoms with E-state index in [2.05, 4.69) is 60.3 Å². The second-order valence-corrected chi connectivity index (χ2v) is 6.90. The molecule has 1 N–H and O–H groups in total. The van der Waals surface area contributed by atoms with Crippen LogP contribution in [0.3, 0.4) is 0 Å². The summed E-state index contributed by atoms with van der Waals surface area (Å²) in [6.45, 7) is 10.8. The maximum atomic E-state index is 3.57. The van der Waals surface area contributed by atoms with Crippen molar-refractivity contribution in [3.63, 3.8) is 0 Å². The maximum Gasteiger partial charge on any atom is 0.0380 e. The lowest BCUT2D eigenvalue weighted by Gasteiger charge is -2.50. The zero-order valence-corrected chi connectivity index (χ0v) is 13.7. The topological polar surface area (TPSA) is 18.5 Å². The lowest BCUT2D eigenvalue weighted by Crippen LogP contribution is -2.66. The van der Waals surface area contributed by atoms with Gasteiger partial charge in [0.1, 0.15) is 0 Å². The molecule has 2 atom stereocenters. The van der Waals surface area contributed by atoms with Gasteiger partial charge in [-0.1, -0.05) is 38.1 Å². The molecule has 2 bridgehead atoms. The molecule has 3 aliphatic heterocycles. The molecule has 4 rings (SSSR count). The number of nitrogens with one attached hydrogen (secondary N) is 1. The van der Waals surface area contributed by atoms with E-state index in [1.54, 1.807) is 0 Å². The summed E-state index contributed by atoms with van der Waals surface area (Å²) < 4.78 is 0. The summed E-state index contributed by atoms with van der Waals surface area (Å²) in [4.78, 5) is 5.31. The van der Waals surface area contributed by atoms with Crippen molar-refractivity contribution in [3.05, 3.63) is 35.4 Å². The van der Waals surface area contributed by atoms with Gasteiger partial charge in [0.15, 0.2) is 0 Å². The molecule has 21 heavy (non-hydrogen) atoms. The molecule has 3 saturated heterocycles. The maximum absolute atomic E-state index is 3.57. The highest BCUT2D eigenvalue weighted by atomic mass is 15.4. The van der Waals surface area contributed by atoms with Gasteiger partial charge in [0.05, 0.1) is 0 Å². The number of rotatable bonds is 5. The van der Waals surface area contributed by atoms with Crippen molar-refractivity contribution in [2.45, 2.75) is 38.3 Å². The molecule has 0 aliphatic carbocycles. The third-order valence-electron chi connectivity index (χ3n) is 5.26. The van der Waals surface area contributed by atoms with Crippen molar-refractivity contribution < 1.29 is 0 Å². The fourth-order valence-corrected chi connectivity index (χ4v) is 3.76. The fourth-order valence-electron chi connectivity index (χ4n) is 3.76. The highest BCUT2D eigenvalue weighted by Gasteiger charge is 2.36. The first-order valence-electron chi connectivity index (χ1n) is 8.40. The molecule has 3 fully saturated rings. The van der Waals surface area contributed by atoms with Crippen LogP contribution in [0.2, 0.25) is 0 Å². The van der Waals surface area contributed by atoms with Crippen LogP contribution in [0.15, 0.2) is 24.3 Å². The number of piperazine rings is 3. The van der Waals surface area contributed by atoms with Crippen LogP contribution in [0.25, 0.3) is 0 Å². The molecule has 0 aromatic heterocycles. The molecule has 3 nitrogen and oxygen atoms in total. The van der Waals surface area contributed by atoms with Crippen LogP contribution >= 0.6 is 0 Å². The molecule has 1 aromatic rings. The largest absolute Gasteiger partial charge is 0.315 e. The first kappa shape index (κ1) is 15.0. The molecule has 0 spiro atoms. The fraction of sp³-hybridized carbons (Fsp3) is 0.667. The number of benzene rings is 1. The van der Waals surface area contributed by atoms with E-state index in [4.69, 9.17) is 0 Å². The Bertz CT molecular complexity index is 446. The molecule has 2 unspecified atom stereocenters. The zero-order valence-electron chi connectivity index (χ0n) is 13.7. The normalized spacial score (nSPS) is 29.8. The second kappa shape index (κ2) is 6.47. The molecule has 0 saturated carbocycles. The number of nitrogens with zero attached hydrogens (tertiary/aromatic N) is 2. The van der Waals surface area contributed by atoms with Crippen molar-refractivity contribution in [2.75, 3.05) is 39.8 Å². The Kier molecular flexibility index (Phi) is 4.63. The van der Waals surface area contributed by atoms with Crippen LogP contribution in [-0.2, 0) is 6.42 Å². The van der Waals surface area contributed by atoms with Crippen LogP contribution in [0.1, 0.15) is 30.9 Å². The first-order valence-corrected chi connectivity index (χ1v) is 8.40. The number of fused-ring (bicyclic) bond motifs is 3. The molecular formula is C18H29N3. The van der Waals surface area contributed by atoms with Gasteiger partial charge in [0.2, 0.25) is 0 Å². The molecule has 116 valence electrons. The highest BCUT2D eigenvalue weighted by Crippen LogP contribution is 2.21. The predicted molar refractivity (Wildman–Crippen MR) is 88.9 cm³/mol. The average molecular weight is 287 g/mol. The lowest BCUT2D eigenvalue weighted by molar-refractivity contribution is -0.00202. The molecule has 3 heterocycles. The van der Waals surface area contributed by atoms with E-state index in [0.717, 1.165) is 6.42 Å². The van der Waals surface area contributed by atoms with Gasteiger partial charge in [-0.3, -0.25) is 9.80 Å². The Morgan fingerprint density at radius 1 is 1.10 bits per heavy atom. The van der Waals surface area contributed by atoms with E-state index in [1.165, 1.54) is 43.9 Å². The summed E-state index contributed by atoms with van der Waals surface area (Å²) in [5.41, 5.74) is 2.89. The molecule has 3 aliphatic rings. The van der Waals surface area contributed by atoms with E-state index in [9.17, 15) is 0 Å². The summed E-state index contributed by atoms with van der Waals surface area (Å²) in [7, 11) is 2.12. The molecular weight excluding hydrogens is 258 g/mol. The van der Waals surface area contributed by atoms with Crippen molar-refractivity contribution in [3.8, 4) is 0 Å². The van der Waals surface area contributed by atoms with Crippen molar-refractivity contribution in [1.82, 2.24) is 15.1 Å². The summed E-state index contributed by atoms with van der Waals surface area (Å²) in [6, 6.07) is 10.4. The minimum absolute atomic E-state index is 0.554. The van der Waals surface area contributed by atoms with Crippen LogP contribution in [0.5, 0.6) is 0 Å². The summed E-state index contributed by atoms with van der Waals surface area (Å²) in [5.74, 6) is 0.618. The van der Waals surface area contributed by atoms with Gasteiger partial charge in [0.25, 0.3) is 0 Å². The van der Waals surface area contributed by atoms with Crippen LogP contribution in [-0.4, -0.2) is 61.7 Å². The second-order valence-electron chi connectivity index (χ2n) is 6.90. The Morgan fingerprint density at radius 2 is 1.76 bits per heavy atom. The Labute approximate surface area is 129 Å². The number of hydrogen-bond donors (Lipinski definition) is 1. The lowest BCUT2D eigenvalue weighted by atomic mass is 9.93. The average Bonchev–Trinajstić information content (AvgIpc) is 2.54. The van der Waals surface area contributed by atoms with Gasteiger partial charge in [-0.2, -0.15) is 0 Å². The van der Waals surface area contributed by atoms with Crippen LogP contribution < -0.4 is 5.32 Å². The smallest absolute Gasteiger partial charge is 0.0380 e. The van der Waals surface area contributed by atoms with E-state index in [-0.39, 0.29) is 0 Å². The Hall–Kier alpha value is -0.900. The van der Waals surface area contributed by atoms with Gasteiger partial charge in [-0.15, -0.1) is 0 Å². The third-order valence-corrected chi connectivity index (χ3v) is 5.26. The van der Waals surface area contributed by atoms with E-state index < -0.39 is 0 Å². The van der Waals surface area contributed by atoms with E-state index in [1.807, 2.05) is 0 Å². The first-order chi connectivity index (χ1) is 10.2. The van der Waals surface area contributed by atoms with Gasteiger partial charge < -0.3 is 5.32 Å². The van der Waals surface area contributed by atoms with Crippen LogP contribution in [0, 0.1) is 0 Å². The quantitative estimate of drug-likeness (QED) is 0.893. The van der Waals surface area contributed by atoms with Crippen molar-refractivity contribution in [1.29, 1.82) is 0 Å². The summed E-state index contributed by atoms with van der Waals surface area (Å²) in [6.07, 6.45) is 1.13. The number of likely N-dealkylation sites (N-methyl/N-ethyl adjacent to an activating group) is 1.